The Morgan fingerprint density at radius 1 is 0.576 bits per heavy atom. The lowest BCUT2D eigenvalue weighted by atomic mass is 9.93. The summed E-state index contributed by atoms with van der Waals surface area (Å²) in [6.45, 7) is 0. The standard InChI is InChI=1S/C28H15Cl2N3/c29-27-28(30)33-23-13-16(10-11-21(23)32-27)20-14-24-26(19-8-4-3-7-18(19)20)25-17-6-2-1-5-15(17)9-12-22(25)31-24/h1-14,31H. The fourth-order valence-electron chi connectivity index (χ4n) is 4.95. The van der Waals surface area contributed by atoms with Gasteiger partial charge in [-0.25, -0.2) is 9.97 Å². The maximum absolute atomic E-state index is 6.14. The molecule has 0 radical (unpaired) electrons. The molecule has 0 saturated heterocycles. The SMILES string of the molecule is Clc1nc2ccc(-c3cc4[nH]c5ccc6ccccc6c5c4c4ccccc34)cc2nc1Cl. The predicted octanol–water partition coefficient (Wildman–Crippen LogP) is 8.54. The Kier molecular flexibility index (Phi) is 3.95. The average molecular weight is 464 g/mol. The van der Waals surface area contributed by atoms with Gasteiger partial charge >= 0.3 is 0 Å². The van der Waals surface area contributed by atoms with Crippen molar-refractivity contribution in [1.29, 1.82) is 0 Å². The van der Waals surface area contributed by atoms with Gasteiger partial charge in [0.05, 0.1) is 11.0 Å². The monoisotopic (exact) mass is 463 g/mol. The fraction of sp³-hybridized carbons (Fsp3) is 0. The summed E-state index contributed by atoms with van der Waals surface area (Å²) >= 11 is 12.2. The third-order valence-electron chi connectivity index (χ3n) is 6.39. The molecule has 0 aliphatic carbocycles. The molecule has 5 heteroatoms. The number of hydrogen-bond acceptors (Lipinski definition) is 2. The molecule has 33 heavy (non-hydrogen) atoms. The van der Waals surface area contributed by atoms with Crippen LogP contribution in [0.3, 0.4) is 0 Å². The smallest absolute Gasteiger partial charge is 0.167 e. The van der Waals surface area contributed by atoms with Gasteiger partial charge in [0.1, 0.15) is 0 Å². The Balaban J connectivity index is 1.60. The van der Waals surface area contributed by atoms with Crippen molar-refractivity contribution in [2.24, 2.45) is 0 Å². The van der Waals surface area contributed by atoms with Crippen LogP contribution >= 0.6 is 23.2 Å². The first-order valence-corrected chi connectivity index (χ1v) is 11.4. The molecule has 1 N–H and O–H groups in total. The summed E-state index contributed by atoms with van der Waals surface area (Å²) in [6.07, 6.45) is 0. The molecule has 0 saturated carbocycles. The quantitative estimate of drug-likeness (QED) is 0.265. The van der Waals surface area contributed by atoms with Crippen molar-refractivity contribution < 1.29 is 0 Å². The van der Waals surface area contributed by atoms with E-state index < -0.39 is 0 Å². The minimum atomic E-state index is 0.212. The molecular formula is C28H15Cl2N3. The third kappa shape index (κ3) is 2.76. The van der Waals surface area contributed by atoms with Crippen molar-refractivity contribution in [2.45, 2.75) is 0 Å². The Labute approximate surface area is 198 Å². The highest BCUT2D eigenvalue weighted by atomic mass is 35.5. The molecule has 2 aromatic heterocycles. The molecule has 0 amide bonds. The topological polar surface area (TPSA) is 41.6 Å². The lowest BCUT2D eigenvalue weighted by Gasteiger charge is -2.10. The molecule has 0 aliphatic heterocycles. The summed E-state index contributed by atoms with van der Waals surface area (Å²) in [5.74, 6) is 0. The molecule has 0 spiro atoms. The largest absolute Gasteiger partial charge is 0.354 e. The maximum atomic E-state index is 6.14. The number of nitrogens with one attached hydrogen (secondary N) is 1. The number of halogens is 2. The summed E-state index contributed by atoms with van der Waals surface area (Å²) in [5.41, 5.74) is 5.86. The van der Waals surface area contributed by atoms with E-state index >= 15 is 0 Å². The van der Waals surface area contributed by atoms with Crippen LogP contribution in [0.5, 0.6) is 0 Å². The van der Waals surface area contributed by atoms with Crippen molar-refractivity contribution >= 4 is 77.6 Å². The molecule has 0 fully saturated rings. The number of benzene rings is 5. The van der Waals surface area contributed by atoms with Crippen LogP contribution in [0.1, 0.15) is 0 Å². The first kappa shape index (κ1) is 18.9. The van der Waals surface area contributed by atoms with Crippen molar-refractivity contribution in [3.63, 3.8) is 0 Å². The second-order valence-corrected chi connectivity index (χ2v) is 8.95. The molecular weight excluding hydrogens is 449 g/mol. The average Bonchev–Trinajstić information content (AvgIpc) is 3.23. The molecule has 3 nitrogen and oxygen atoms in total. The number of nitrogens with zero attached hydrogens (tertiary/aromatic N) is 2. The van der Waals surface area contributed by atoms with Gasteiger partial charge in [0.25, 0.3) is 0 Å². The van der Waals surface area contributed by atoms with Crippen molar-refractivity contribution in [3.8, 4) is 11.1 Å². The summed E-state index contributed by atoms with van der Waals surface area (Å²) in [4.78, 5) is 12.4. The number of aromatic nitrogens is 3. The van der Waals surface area contributed by atoms with E-state index in [4.69, 9.17) is 23.2 Å². The predicted molar refractivity (Wildman–Crippen MR) is 139 cm³/mol. The molecule has 2 heterocycles. The number of rotatable bonds is 1. The van der Waals surface area contributed by atoms with Gasteiger partial charge < -0.3 is 4.98 Å². The van der Waals surface area contributed by atoms with E-state index in [-0.39, 0.29) is 10.3 Å². The lowest BCUT2D eigenvalue weighted by Crippen LogP contribution is -1.89. The lowest BCUT2D eigenvalue weighted by molar-refractivity contribution is 1.29. The molecule has 0 atom stereocenters. The zero-order chi connectivity index (χ0) is 22.1. The Morgan fingerprint density at radius 3 is 2.12 bits per heavy atom. The summed E-state index contributed by atoms with van der Waals surface area (Å²) in [6, 6.07) is 29.7. The Hall–Kier alpha value is -3.66. The minimum absolute atomic E-state index is 0.212. The van der Waals surface area contributed by atoms with E-state index in [0.29, 0.717) is 5.52 Å². The number of fused-ring (bicyclic) bond motifs is 8. The van der Waals surface area contributed by atoms with Gasteiger partial charge in [-0.15, -0.1) is 0 Å². The highest BCUT2D eigenvalue weighted by Crippen LogP contribution is 2.41. The first-order chi connectivity index (χ1) is 16.2. The Morgan fingerprint density at radius 2 is 1.27 bits per heavy atom. The molecule has 0 aliphatic rings. The zero-order valence-corrected chi connectivity index (χ0v) is 18.7. The Bertz CT molecular complexity index is 1900. The van der Waals surface area contributed by atoms with E-state index in [0.717, 1.165) is 27.7 Å². The maximum Gasteiger partial charge on any atom is 0.167 e. The van der Waals surface area contributed by atoms with Crippen LogP contribution in [0.4, 0.5) is 0 Å². The van der Waals surface area contributed by atoms with Gasteiger partial charge in [-0.3, -0.25) is 0 Å². The highest BCUT2D eigenvalue weighted by Gasteiger charge is 2.15. The third-order valence-corrected chi connectivity index (χ3v) is 7.01. The molecule has 7 rings (SSSR count). The second-order valence-electron chi connectivity index (χ2n) is 8.24. The highest BCUT2D eigenvalue weighted by molar-refractivity contribution is 6.40. The van der Waals surface area contributed by atoms with Crippen LogP contribution in [-0.2, 0) is 0 Å². The summed E-state index contributed by atoms with van der Waals surface area (Å²) in [5, 5.41) is 7.83. The van der Waals surface area contributed by atoms with E-state index in [1.807, 2.05) is 12.1 Å². The van der Waals surface area contributed by atoms with Crippen molar-refractivity contribution in [2.75, 3.05) is 0 Å². The zero-order valence-electron chi connectivity index (χ0n) is 17.2. The van der Waals surface area contributed by atoms with Crippen LogP contribution < -0.4 is 0 Å². The van der Waals surface area contributed by atoms with E-state index in [1.165, 1.54) is 32.3 Å². The molecule has 5 aromatic carbocycles. The van der Waals surface area contributed by atoms with Crippen LogP contribution in [-0.4, -0.2) is 15.0 Å². The number of hydrogen-bond donors (Lipinski definition) is 1. The van der Waals surface area contributed by atoms with Gasteiger partial charge in [-0.1, -0.05) is 83.9 Å². The molecule has 0 bridgehead atoms. The minimum Gasteiger partial charge on any atom is -0.354 e. The normalized spacial score (nSPS) is 11.9. The second kappa shape index (κ2) is 6.92. The molecule has 156 valence electrons. The van der Waals surface area contributed by atoms with Crippen LogP contribution in [0, 0.1) is 0 Å². The number of aromatic amines is 1. The number of H-pyrrole nitrogens is 1. The summed E-state index contributed by atoms with van der Waals surface area (Å²) in [7, 11) is 0. The molecule has 7 aromatic rings. The van der Waals surface area contributed by atoms with Crippen LogP contribution in [0.25, 0.3) is 65.5 Å². The van der Waals surface area contributed by atoms with Crippen molar-refractivity contribution in [3.05, 3.63) is 95.2 Å². The molecule has 0 unspecified atom stereocenters. The van der Waals surface area contributed by atoms with Gasteiger partial charge in [-0.05, 0) is 56.9 Å². The summed E-state index contributed by atoms with van der Waals surface area (Å²) < 4.78 is 0. The van der Waals surface area contributed by atoms with Gasteiger partial charge in [0, 0.05) is 21.8 Å². The van der Waals surface area contributed by atoms with E-state index in [1.54, 1.807) is 0 Å². The van der Waals surface area contributed by atoms with Crippen LogP contribution in [0.15, 0.2) is 84.9 Å². The van der Waals surface area contributed by atoms with E-state index in [9.17, 15) is 0 Å². The van der Waals surface area contributed by atoms with Crippen LogP contribution in [0.2, 0.25) is 10.3 Å². The van der Waals surface area contributed by atoms with Crippen molar-refractivity contribution in [1.82, 2.24) is 15.0 Å². The first-order valence-electron chi connectivity index (χ1n) is 10.7. The fourth-order valence-corrected chi connectivity index (χ4v) is 5.22. The van der Waals surface area contributed by atoms with Gasteiger partial charge in [0.15, 0.2) is 10.3 Å². The van der Waals surface area contributed by atoms with E-state index in [2.05, 4.69) is 87.7 Å². The van der Waals surface area contributed by atoms with Gasteiger partial charge in [-0.2, -0.15) is 0 Å². The van der Waals surface area contributed by atoms with Gasteiger partial charge in [0.2, 0.25) is 0 Å².